The smallest absolute Gasteiger partial charge is 0.407 e. The molecule has 0 aromatic heterocycles. The Balaban J connectivity index is 1.40. The number of ether oxygens (including phenoxy) is 2. The molecule has 42 heavy (non-hydrogen) atoms. The first-order valence-electron chi connectivity index (χ1n) is 14.5. The van der Waals surface area contributed by atoms with Crippen molar-refractivity contribution in [1.29, 1.82) is 0 Å². The van der Waals surface area contributed by atoms with Gasteiger partial charge in [0.2, 0.25) is 5.91 Å². The van der Waals surface area contributed by atoms with Crippen molar-refractivity contribution in [1.82, 2.24) is 15.5 Å². The topological polar surface area (TPSA) is 97.0 Å². The molecule has 3 aromatic rings. The fourth-order valence-corrected chi connectivity index (χ4v) is 5.22. The van der Waals surface area contributed by atoms with Crippen LogP contribution in [-0.2, 0) is 27.4 Å². The zero-order valence-electron chi connectivity index (χ0n) is 24.6. The number of hydrogen-bond acceptors (Lipinski definition) is 5. The van der Waals surface area contributed by atoms with Gasteiger partial charge in [-0.1, -0.05) is 91.0 Å². The van der Waals surface area contributed by atoms with Gasteiger partial charge in [-0.3, -0.25) is 4.79 Å². The fourth-order valence-electron chi connectivity index (χ4n) is 5.22. The molecule has 222 valence electrons. The summed E-state index contributed by atoms with van der Waals surface area (Å²) in [5, 5.41) is 5.79. The molecule has 1 aliphatic heterocycles. The lowest BCUT2D eigenvalue weighted by Gasteiger charge is -2.50. The van der Waals surface area contributed by atoms with Gasteiger partial charge in [0.05, 0.1) is 12.0 Å². The normalized spacial score (nSPS) is 17.1. The summed E-state index contributed by atoms with van der Waals surface area (Å²) in [4.78, 5) is 40.6. The monoisotopic (exact) mass is 571 g/mol. The molecule has 0 bridgehead atoms. The summed E-state index contributed by atoms with van der Waals surface area (Å²) in [5.74, 6) is -0.441. The summed E-state index contributed by atoms with van der Waals surface area (Å²) in [7, 11) is 0. The van der Waals surface area contributed by atoms with Crippen LogP contribution in [0.2, 0.25) is 0 Å². The van der Waals surface area contributed by atoms with E-state index in [0.29, 0.717) is 32.4 Å². The molecule has 0 radical (unpaired) electrons. The average molecular weight is 572 g/mol. The SMILES string of the molecule is CC(C)(C)OC(=O)N[C@@H](CCCCNC(=O)OCc1ccccc1)[C@H]1C(=O)N(Cc2ccccc2)[C@@H]1c1ccccc1. The highest BCUT2D eigenvalue weighted by molar-refractivity contribution is 5.88. The Morgan fingerprint density at radius 1 is 0.833 bits per heavy atom. The van der Waals surface area contributed by atoms with Crippen molar-refractivity contribution < 1.29 is 23.9 Å². The number of likely N-dealkylation sites (tertiary alicyclic amines) is 1. The van der Waals surface area contributed by atoms with Crippen molar-refractivity contribution in [3.05, 3.63) is 108 Å². The van der Waals surface area contributed by atoms with E-state index in [1.807, 2.05) is 117 Å². The summed E-state index contributed by atoms with van der Waals surface area (Å²) in [6.07, 6.45) is 0.883. The molecule has 4 rings (SSSR count). The number of rotatable bonds is 12. The van der Waals surface area contributed by atoms with Gasteiger partial charge in [-0.25, -0.2) is 9.59 Å². The molecule has 0 saturated carbocycles. The molecular weight excluding hydrogens is 530 g/mol. The number of amides is 3. The number of nitrogens with zero attached hydrogens (tertiary/aromatic N) is 1. The predicted molar refractivity (Wildman–Crippen MR) is 161 cm³/mol. The van der Waals surface area contributed by atoms with Crippen LogP contribution in [-0.4, -0.2) is 41.2 Å². The van der Waals surface area contributed by atoms with Crippen LogP contribution < -0.4 is 10.6 Å². The van der Waals surface area contributed by atoms with E-state index in [-0.39, 0.29) is 18.6 Å². The van der Waals surface area contributed by atoms with Gasteiger partial charge in [0.1, 0.15) is 12.2 Å². The molecule has 8 heteroatoms. The Bertz CT molecular complexity index is 1300. The maximum Gasteiger partial charge on any atom is 0.407 e. The van der Waals surface area contributed by atoms with Gasteiger partial charge in [-0.2, -0.15) is 0 Å². The molecule has 0 unspecified atom stereocenters. The molecule has 3 amide bonds. The zero-order valence-corrected chi connectivity index (χ0v) is 24.6. The quantitative estimate of drug-likeness (QED) is 0.194. The highest BCUT2D eigenvalue weighted by Gasteiger charge is 2.52. The van der Waals surface area contributed by atoms with E-state index >= 15 is 0 Å². The first kappa shape index (κ1) is 30.6. The van der Waals surface area contributed by atoms with Crippen LogP contribution in [0.25, 0.3) is 0 Å². The van der Waals surface area contributed by atoms with Gasteiger partial charge in [-0.15, -0.1) is 0 Å². The Morgan fingerprint density at radius 2 is 1.43 bits per heavy atom. The van der Waals surface area contributed by atoms with E-state index in [9.17, 15) is 14.4 Å². The van der Waals surface area contributed by atoms with E-state index in [0.717, 1.165) is 16.7 Å². The van der Waals surface area contributed by atoms with Gasteiger partial charge in [0, 0.05) is 19.1 Å². The Hall–Kier alpha value is -4.33. The second kappa shape index (κ2) is 14.5. The summed E-state index contributed by atoms with van der Waals surface area (Å²) < 4.78 is 10.8. The van der Waals surface area contributed by atoms with E-state index in [1.54, 1.807) is 0 Å². The van der Waals surface area contributed by atoms with Crippen LogP contribution in [0.15, 0.2) is 91.0 Å². The minimum Gasteiger partial charge on any atom is -0.445 e. The first-order valence-corrected chi connectivity index (χ1v) is 14.5. The number of nitrogens with one attached hydrogen (secondary N) is 2. The van der Waals surface area contributed by atoms with Crippen LogP contribution in [0.5, 0.6) is 0 Å². The fraction of sp³-hybridized carbons (Fsp3) is 0.382. The standard InChI is InChI=1S/C34H41N3O5/c1-34(2,3)42-33(40)36-28(21-13-14-22-35-32(39)41-24-26-17-9-5-10-18-26)29-30(27-19-11-6-12-20-27)37(31(29)38)23-25-15-7-4-8-16-25/h4-12,15-20,28-30H,13-14,21-24H2,1-3H3,(H,35,39)(H,36,40)/t28-,29+,30+/m0/s1. The minimum atomic E-state index is -0.666. The van der Waals surface area contributed by atoms with Crippen molar-refractivity contribution in [3.8, 4) is 0 Å². The highest BCUT2D eigenvalue weighted by Crippen LogP contribution is 2.44. The van der Waals surface area contributed by atoms with E-state index in [2.05, 4.69) is 10.6 Å². The predicted octanol–water partition coefficient (Wildman–Crippen LogP) is 6.38. The van der Waals surface area contributed by atoms with Gasteiger partial charge in [0.25, 0.3) is 0 Å². The zero-order chi connectivity index (χ0) is 30.0. The van der Waals surface area contributed by atoms with E-state index in [1.165, 1.54) is 0 Å². The lowest BCUT2D eigenvalue weighted by molar-refractivity contribution is -0.160. The highest BCUT2D eigenvalue weighted by atomic mass is 16.6. The molecule has 1 saturated heterocycles. The van der Waals surface area contributed by atoms with Gasteiger partial charge in [0.15, 0.2) is 0 Å². The largest absolute Gasteiger partial charge is 0.445 e. The Labute approximate surface area is 248 Å². The van der Waals surface area contributed by atoms with Crippen molar-refractivity contribution in [3.63, 3.8) is 0 Å². The second-order valence-corrected chi connectivity index (χ2v) is 11.6. The van der Waals surface area contributed by atoms with Crippen molar-refractivity contribution in [2.45, 2.75) is 70.9 Å². The molecule has 1 fully saturated rings. The second-order valence-electron chi connectivity index (χ2n) is 11.6. The molecule has 3 atom stereocenters. The molecule has 8 nitrogen and oxygen atoms in total. The maximum absolute atomic E-state index is 13.7. The lowest BCUT2D eigenvalue weighted by atomic mass is 9.75. The summed E-state index contributed by atoms with van der Waals surface area (Å²) in [6, 6.07) is 28.7. The molecular formula is C34H41N3O5. The maximum atomic E-state index is 13.7. The molecule has 1 aliphatic rings. The molecule has 2 N–H and O–H groups in total. The number of carbonyl (C=O) groups is 3. The molecule has 3 aromatic carbocycles. The van der Waals surface area contributed by atoms with Crippen molar-refractivity contribution in [2.75, 3.05) is 6.54 Å². The third kappa shape index (κ3) is 8.83. The lowest BCUT2D eigenvalue weighted by Crippen LogP contribution is -2.62. The minimum absolute atomic E-state index is 0.00335. The van der Waals surface area contributed by atoms with Gasteiger partial charge in [-0.05, 0) is 56.7 Å². The van der Waals surface area contributed by atoms with E-state index < -0.39 is 29.7 Å². The number of hydrogen-bond donors (Lipinski definition) is 2. The van der Waals surface area contributed by atoms with Crippen LogP contribution in [0, 0.1) is 5.92 Å². The third-order valence-corrected chi connectivity index (χ3v) is 7.14. The molecule has 0 aliphatic carbocycles. The van der Waals surface area contributed by atoms with Crippen LogP contribution >= 0.6 is 0 Å². The molecule has 1 heterocycles. The van der Waals surface area contributed by atoms with Crippen LogP contribution in [0.1, 0.15) is 62.8 Å². The van der Waals surface area contributed by atoms with Gasteiger partial charge >= 0.3 is 12.2 Å². The Morgan fingerprint density at radius 3 is 2.05 bits per heavy atom. The molecule has 0 spiro atoms. The number of unbranched alkanes of at least 4 members (excludes halogenated alkanes) is 1. The Kier molecular flexibility index (Phi) is 10.6. The summed E-state index contributed by atoms with van der Waals surface area (Å²) in [6.45, 7) is 6.56. The summed E-state index contributed by atoms with van der Waals surface area (Å²) in [5.41, 5.74) is 2.33. The number of carbonyl (C=O) groups excluding carboxylic acids is 3. The van der Waals surface area contributed by atoms with E-state index in [4.69, 9.17) is 9.47 Å². The summed E-state index contributed by atoms with van der Waals surface area (Å²) >= 11 is 0. The van der Waals surface area contributed by atoms with Crippen LogP contribution in [0.4, 0.5) is 9.59 Å². The average Bonchev–Trinajstić information content (AvgIpc) is 2.97. The number of alkyl carbamates (subject to hydrolysis) is 2. The van der Waals surface area contributed by atoms with Crippen molar-refractivity contribution in [2.24, 2.45) is 5.92 Å². The van der Waals surface area contributed by atoms with Crippen LogP contribution in [0.3, 0.4) is 0 Å². The van der Waals surface area contributed by atoms with Crippen molar-refractivity contribution >= 4 is 18.1 Å². The first-order chi connectivity index (χ1) is 20.2. The third-order valence-electron chi connectivity index (χ3n) is 7.14. The number of β-lactam (4-membered cyclic amide) rings is 1. The van der Waals surface area contributed by atoms with Gasteiger partial charge < -0.3 is 25.0 Å². The number of benzene rings is 3.